The number of benzene rings is 3. The average molecular weight is 504 g/mol. The van der Waals surface area contributed by atoms with Gasteiger partial charge < -0.3 is 29.4 Å². The average Bonchev–Trinajstić information content (AvgIpc) is 2.92. The number of aromatic nitrogens is 1. The largest absolute Gasteiger partial charge is 0.497 e. The van der Waals surface area contributed by atoms with Gasteiger partial charge in [0.05, 0.1) is 33.4 Å². The quantitative estimate of drug-likeness (QED) is 0.323. The second kappa shape index (κ2) is 11.6. The molecule has 0 aliphatic heterocycles. The van der Waals surface area contributed by atoms with Crippen LogP contribution in [0.25, 0.3) is 10.9 Å². The fourth-order valence-corrected chi connectivity index (χ4v) is 4.14. The molecule has 0 saturated heterocycles. The van der Waals surface area contributed by atoms with Crippen LogP contribution in [0.15, 0.2) is 77.6 Å². The van der Waals surface area contributed by atoms with Gasteiger partial charge in [-0.15, -0.1) is 0 Å². The Balaban J connectivity index is 1.62. The Morgan fingerprint density at radius 3 is 2.22 bits per heavy atom. The molecule has 3 aromatic carbocycles. The molecule has 0 radical (unpaired) electrons. The molecule has 0 spiro atoms. The van der Waals surface area contributed by atoms with Crippen LogP contribution in [0.2, 0.25) is 0 Å². The molecule has 186 valence electrons. The molecule has 0 bridgehead atoms. The molecule has 0 unspecified atom stereocenters. The fourth-order valence-electron chi connectivity index (χ4n) is 3.94. The normalized spacial score (nSPS) is 10.6. The lowest BCUT2D eigenvalue weighted by molar-refractivity contribution is 0.355. The lowest BCUT2D eigenvalue weighted by Gasteiger charge is -2.26. The summed E-state index contributed by atoms with van der Waals surface area (Å²) in [5.41, 5.74) is 3.25. The number of ether oxygens (including phenoxy) is 3. The van der Waals surface area contributed by atoms with Crippen molar-refractivity contribution >= 4 is 28.2 Å². The fraction of sp³-hybridized carbons (Fsp3) is 0.214. The summed E-state index contributed by atoms with van der Waals surface area (Å²) in [6.45, 7) is 1.43. The summed E-state index contributed by atoms with van der Waals surface area (Å²) >= 11 is 5.77. The maximum absolute atomic E-state index is 13.0. The molecule has 1 heterocycles. The van der Waals surface area contributed by atoms with Crippen LogP contribution in [0.5, 0.6) is 17.2 Å². The molecular weight excluding hydrogens is 474 g/mol. The molecule has 2 N–H and O–H groups in total. The minimum Gasteiger partial charge on any atom is -0.497 e. The van der Waals surface area contributed by atoms with Crippen LogP contribution >= 0.6 is 12.2 Å². The van der Waals surface area contributed by atoms with Crippen molar-refractivity contribution in [2.75, 3.05) is 21.3 Å². The number of H-pyrrole nitrogens is 1. The molecule has 8 heteroatoms. The number of rotatable bonds is 9. The van der Waals surface area contributed by atoms with Crippen LogP contribution in [-0.2, 0) is 19.6 Å². The Labute approximate surface area is 215 Å². The zero-order chi connectivity index (χ0) is 25.5. The van der Waals surface area contributed by atoms with E-state index in [0.717, 1.165) is 22.3 Å². The summed E-state index contributed by atoms with van der Waals surface area (Å²) in [5, 5.41) is 4.74. The third kappa shape index (κ3) is 5.95. The van der Waals surface area contributed by atoms with Crippen LogP contribution in [0.3, 0.4) is 0 Å². The van der Waals surface area contributed by atoms with E-state index in [1.165, 1.54) is 0 Å². The first-order chi connectivity index (χ1) is 17.5. The lowest BCUT2D eigenvalue weighted by Crippen LogP contribution is -2.39. The van der Waals surface area contributed by atoms with Gasteiger partial charge in [0.15, 0.2) is 16.6 Å². The predicted molar refractivity (Wildman–Crippen MR) is 146 cm³/mol. The first kappa shape index (κ1) is 25.1. The van der Waals surface area contributed by atoms with Crippen molar-refractivity contribution in [2.24, 2.45) is 0 Å². The van der Waals surface area contributed by atoms with E-state index in [2.05, 4.69) is 10.3 Å². The lowest BCUT2D eigenvalue weighted by atomic mass is 10.1. The Morgan fingerprint density at radius 1 is 0.861 bits per heavy atom. The smallest absolute Gasteiger partial charge is 0.253 e. The summed E-state index contributed by atoms with van der Waals surface area (Å²) in [4.78, 5) is 18.0. The van der Waals surface area contributed by atoms with Crippen molar-refractivity contribution in [2.45, 2.75) is 19.6 Å². The van der Waals surface area contributed by atoms with Crippen molar-refractivity contribution in [3.8, 4) is 17.2 Å². The van der Waals surface area contributed by atoms with E-state index in [4.69, 9.17) is 26.4 Å². The van der Waals surface area contributed by atoms with Gasteiger partial charge in [-0.25, -0.2) is 0 Å². The summed E-state index contributed by atoms with van der Waals surface area (Å²) in [7, 11) is 4.79. The molecule has 4 aromatic rings. The number of methoxy groups -OCH3 is 3. The number of pyridine rings is 1. The molecule has 0 aliphatic carbocycles. The van der Waals surface area contributed by atoms with E-state index in [9.17, 15) is 4.79 Å². The molecule has 7 nitrogen and oxygen atoms in total. The predicted octanol–water partition coefficient (Wildman–Crippen LogP) is 4.63. The van der Waals surface area contributed by atoms with Crippen molar-refractivity contribution in [3.63, 3.8) is 0 Å². The van der Waals surface area contributed by atoms with Crippen LogP contribution in [-0.4, -0.2) is 36.3 Å². The number of aromatic amines is 1. The van der Waals surface area contributed by atoms with Crippen molar-refractivity contribution in [1.82, 2.24) is 15.2 Å². The molecule has 4 rings (SSSR count). The summed E-state index contributed by atoms with van der Waals surface area (Å²) in [5.74, 6) is 1.93. The molecule has 36 heavy (non-hydrogen) atoms. The van der Waals surface area contributed by atoms with Crippen LogP contribution in [0.1, 0.15) is 16.7 Å². The van der Waals surface area contributed by atoms with E-state index >= 15 is 0 Å². The topological polar surface area (TPSA) is 75.8 Å². The van der Waals surface area contributed by atoms with Crippen molar-refractivity contribution < 1.29 is 14.2 Å². The molecule has 0 fully saturated rings. The van der Waals surface area contributed by atoms with Gasteiger partial charge in [-0.3, -0.25) is 4.79 Å². The third-order valence-corrected chi connectivity index (χ3v) is 6.30. The third-order valence-electron chi connectivity index (χ3n) is 5.89. The van der Waals surface area contributed by atoms with Crippen LogP contribution in [0, 0.1) is 0 Å². The van der Waals surface area contributed by atoms with E-state index < -0.39 is 0 Å². The summed E-state index contributed by atoms with van der Waals surface area (Å²) in [6.07, 6.45) is 0. The second-order valence-electron chi connectivity index (χ2n) is 8.27. The van der Waals surface area contributed by atoms with E-state index in [-0.39, 0.29) is 5.56 Å². The minimum atomic E-state index is -0.180. The zero-order valence-electron chi connectivity index (χ0n) is 20.5. The van der Waals surface area contributed by atoms with Gasteiger partial charge in [0.2, 0.25) is 0 Å². The van der Waals surface area contributed by atoms with Gasteiger partial charge in [-0.2, -0.15) is 0 Å². The highest BCUT2D eigenvalue weighted by Gasteiger charge is 2.16. The first-order valence-electron chi connectivity index (χ1n) is 11.5. The maximum Gasteiger partial charge on any atom is 0.253 e. The molecular formula is C28H29N3O4S. The second-order valence-corrected chi connectivity index (χ2v) is 8.65. The molecule has 0 aliphatic rings. The van der Waals surface area contributed by atoms with E-state index in [1.807, 2.05) is 71.6 Å². The number of nitrogens with zero attached hydrogens (tertiary/aromatic N) is 1. The van der Waals surface area contributed by atoms with Gasteiger partial charge in [0.1, 0.15) is 5.75 Å². The first-order valence-corrected chi connectivity index (χ1v) is 11.9. The highest BCUT2D eigenvalue weighted by Crippen LogP contribution is 2.31. The highest BCUT2D eigenvalue weighted by atomic mass is 32.1. The van der Waals surface area contributed by atoms with Crippen LogP contribution in [0.4, 0.5) is 0 Å². The highest BCUT2D eigenvalue weighted by molar-refractivity contribution is 7.80. The maximum atomic E-state index is 13.0. The number of fused-ring (bicyclic) bond motifs is 1. The van der Waals surface area contributed by atoms with Crippen molar-refractivity contribution in [3.05, 3.63) is 99.8 Å². The molecule has 0 amide bonds. The number of nitrogens with one attached hydrogen (secondary N) is 2. The van der Waals surface area contributed by atoms with Gasteiger partial charge in [0.25, 0.3) is 5.56 Å². The summed E-state index contributed by atoms with van der Waals surface area (Å²) < 4.78 is 16.1. The van der Waals surface area contributed by atoms with Gasteiger partial charge in [-0.1, -0.05) is 42.5 Å². The molecule has 0 atom stereocenters. The Bertz CT molecular complexity index is 1390. The zero-order valence-corrected chi connectivity index (χ0v) is 21.4. The van der Waals surface area contributed by atoms with Gasteiger partial charge >= 0.3 is 0 Å². The van der Waals surface area contributed by atoms with Gasteiger partial charge in [-0.05, 0) is 47.6 Å². The Kier molecular flexibility index (Phi) is 8.07. The monoisotopic (exact) mass is 503 g/mol. The SMILES string of the molecule is COc1ccc(CN(Cc2cc3cc(OC)c(OC)cc3[nH]c2=O)C(=S)NCc2ccccc2)cc1. The minimum absolute atomic E-state index is 0.180. The number of hydrogen-bond donors (Lipinski definition) is 2. The summed E-state index contributed by atoms with van der Waals surface area (Å²) in [6, 6.07) is 23.4. The van der Waals surface area contributed by atoms with Gasteiger partial charge in [0, 0.05) is 30.1 Å². The Hall–Kier alpha value is -4.04. The number of thiocarbonyl (C=S) groups is 1. The molecule has 1 aromatic heterocycles. The standard InChI is InChI=1S/C28H29N3O4S/c1-33-23-11-9-20(10-12-23)17-31(28(36)29-16-19-7-5-4-6-8-19)18-22-13-21-14-25(34-2)26(35-3)15-24(21)30-27(22)32/h4-15H,16-18H2,1-3H3,(H,29,36)(H,30,32). The number of hydrogen-bond acceptors (Lipinski definition) is 5. The van der Waals surface area contributed by atoms with E-state index in [1.54, 1.807) is 27.4 Å². The van der Waals surface area contributed by atoms with Crippen molar-refractivity contribution in [1.29, 1.82) is 0 Å². The van der Waals surface area contributed by atoms with Crippen LogP contribution < -0.4 is 25.1 Å². The Morgan fingerprint density at radius 2 is 1.56 bits per heavy atom. The molecule has 0 saturated carbocycles. The van der Waals surface area contributed by atoms with E-state index in [0.29, 0.717) is 47.3 Å².